The fourth-order valence-corrected chi connectivity index (χ4v) is 2.96. The van der Waals surface area contributed by atoms with E-state index in [9.17, 15) is 14.4 Å². The summed E-state index contributed by atoms with van der Waals surface area (Å²) in [6.45, 7) is 3.12. The maximum Gasteiger partial charge on any atom is 0.306 e. The number of nitrogens with zero attached hydrogens (tertiary/aromatic N) is 1. The minimum absolute atomic E-state index is 0.174. The third-order valence-corrected chi connectivity index (χ3v) is 4.48. The second-order valence-electron chi connectivity index (χ2n) is 6.26. The largest absolute Gasteiger partial charge is 0.494 e. The zero-order valence-corrected chi connectivity index (χ0v) is 15.1. The van der Waals surface area contributed by atoms with Gasteiger partial charge in [0.2, 0.25) is 5.91 Å². The summed E-state index contributed by atoms with van der Waals surface area (Å²) in [5, 5.41) is 0. The first-order chi connectivity index (χ1) is 12.5. The Morgan fingerprint density at radius 3 is 2.54 bits per heavy atom. The van der Waals surface area contributed by atoms with Crippen molar-refractivity contribution in [3.05, 3.63) is 29.8 Å². The van der Waals surface area contributed by atoms with E-state index in [1.54, 1.807) is 4.90 Å². The lowest BCUT2D eigenvalue weighted by Gasteiger charge is -2.30. The van der Waals surface area contributed by atoms with E-state index in [0.717, 1.165) is 11.3 Å². The molecule has 2 rings (SSSR count). The number of benzene rings is 1. The lowest BCUT2D eigenvalue weighted by atomic mass is 9.96. The maximum atomic E-state index is 12.1. The molecule has 1 aliphatic heterocycles. The summed E-state index contributed by atoms with van der Waals surface area (Å²) >= 11 is 0. The highest BCUT2D eigenvalue weighted by molar-refractivity contribution is 5.81. The Labute approximate surface area is 153 Å². The molecule has 1 saturated heterocycles. The number of carbonyl (C=O) groups is 3. The van der Waals surface area contributed by atoms with Gasteiger partial charge < -0.3 is 20.1 Å². The first-order valence-electron chi connectivity index (χ1n) is 8.94. The summed E-state index contributed by atoms with van der Waals surface area (Å²) in [5.41, 5.74) is 6.21. The predicted molar refractivity (Wildman–Crippen MR) is 95.4 cm³/mol. The first kappa shape index (κ1) is 19.8. The summed E-state index contributed by atoms with van der Waals surface area (Å²) in [6, 6.07) is 7.55. The Morgan fingerprint density at radius 1 is 1.19 bits per heavy atom. The van der Waals surface area contributed by atoms with Crippen molar-refractivity contribution in [1.82, 2.24) is 4.90 Å². The molecule has 1 fully saturated rings. The molecule has 0 atom stereocenters. The van der Waals surface area contributed by atoms with Gasteiger partial charge in [-0.05, 0) is 37.8 Å². The molecule has 26 heavy (non-hydrogen) atoms. The normalized spacial score (nSPS) is 14.7. The molecule has 142 valence electrons. The number of likely N-dealkylation sites (tertiary alicyclic amines) is 1. The van der Waals surface area contributed by atoms with E-state index in [4.69, 9.17) is 15.2 Å². The molecule has 1 aromatic rings. The van der Waals surface area contributed by atoms with Gasteiger partial charge in [-0.2, -0.15) is 0 Å². The number of primary amides is 1. The molecule has 7 nitrogen and oxygen atoms in total. The number of hydrogen-bond donors (Lipinski definition) is 1. The van der Waals surface area contributed by atoms with Gasteiger partial charge in [-0.15, -0.1) is 0 Å². The van der Waals surface area contributed by atoms with Gasteiger partial charge in [0.1, 0.15) is 5.75 Å². The molecular formula is C19H26N2O5. The van der Waals surface area contributed by atoms with E-state index in [0.29, 0.717) is 39.0 Å². The second-order valence-corrected chi connectivity index (χ2v) is 6.26. The molecule has 7 heteroatoms. The molecule has 2 N–H and O–H groups in total. The molecule has 0 unspecified atom stereocenters. The van der Waals surface area contributed by atoms with E-state index in [-0.39, 0.29) is 30.8 Å². The van der Waals surface area contributed by atoms with E-state index in [1.807, 2.05) is 31.2 Å². The zero-order valence-electron chi connectivity index (χ0n) is 15.1. The average Bonchev–Trinajstić information content (AvgIpc) is 2.65. The summed E-state index contributed by atoms with van der Waals surface area (Å²) in [4.78, 5) is 36.8. The lowest BCUT2D eigenvalue weighted by molar-refractivity contribution is -0.152. The SMILES string of the molecule is CCOc1ccccc1CCC(=O)OCC(=O)N1CCC(C(N)=O)CC1. The third-order valence-electron chi connectivity index (χ3n) is 4.48. The maximum absolute atomic E-state index is 12.1. The molecule has 0 spiro atoms. The Hall–Kier alpha value is -2.57. The average molecular weight is 362 g/mol. The van der Waals surface area contributed by atoms with E-state index >= 15 is 0 Å². The van der Waals surface area contributed by atoms with Crippen LogP contribution in [-0.4, -0.2) is 49.0 Å². The number of carbonyl (C=O) groups excluding carboxylic acids is 3. The van der Waals surface area contributed by atoms with Crippen molar-refractivity contribution in [1.29, 1.82) is 0 Å². The summed E-state index contributed by atoms with van der Waals surface area (Å²) in [6.07, 6.45) is 1.79. The molecule has 0 saturated carbocycles. The van der Waals surface area contributed by atoms with Gasteiger partial charge in [0.05, 0.1) is 6.61 Å². The fraction of sp³-hybridized carbons (Fsp3) is 0.526. The van der Waals surface area contributed by atoms with Crippen molar-refractivity contribution in [2.75, 3.05) is 26.3 Å². The van der Waals surface area contributed by atoms with Crippen molar-refractivity contribution >= 4 is 17.8 Å². The Morgan fingerprint density at radius 2 is 1.88 bits per heavy atom. The van der Waals surface area contributed by atoms with Crippen LogP contribution in [0.2, 0.25) is 0 Å². The van der Waals surface area contributed by atoms with Gasteiger partial charge in [-0.25, -0.2) is 0 Å². The highest BCUT2D eigenvalue weighted by Gasteiger charge is 2.26. The molecule has 1 heterocycles. The molecule has 0 bridgehead atoms. The van der Waals surface area contributed by atoms with Crippen LogP contribution in [0.4, 0.5) is 0 Å². The number of para-hydroxylation sites is 1. The minimum Gasteiger partial charge on any atom is -0.494 e. The van der Waals surface area contributed by atoms with Crippen LogP contribution in [0.15, 0.2) is 24.3 Å². The number of piperidine rings is 1. The highest BCUT2D eigenvalue weighted by Crippen LogP contribution is 2.20. The van der Waals surface area contributed by atoms with Crippen molar-refractivity contribution in [2.24, 2.45) is 11.7 Å². The van der Waals surface area contributed by atoms with Gasteiger partial charge >= 0.3 is 5.97 Å². The van der Waals surface area contributed by atoms with Gasteiger partial charge in [-0.1, -0.05) is 18.2 Å². The second kappa shape index (κ2) is 9.79. The van der Waals surface area contributed by atoms with E-state index in [2.05, 4.69) is 0 Å². The molecule has 1 aliphatic rings. The van der Waals surface area contributed by atoms with Crippen LogP contribution in [0.5, 0.6) is 5.75 Å². The van der Waals surface area contributed by atoms with Crippen molar-refractivity contribution in [2.45, 2.75) is 32.6 Å². The molecule has 2 amide bonds. The Kier molecular flexibility index (Phi) is 7.44. The van der Waals surface area contributed by atoms with E-state index in [1.165, 1.54) is 0 Å². The minimum atomic E-state index is -0.420. The third kappa shape index (κ3) is 5.75. The van der Waals surface area contributed by atoms with Crippen molar-refractivity contribution < 1.29 is 23.9 Å². The van der Waals surface area contributed by atoms with Gasteiger partial charge in [-0.3, -0.25) is 14.4 Å². The zero-order chi connectivity index (χ0) is 18.9. The Balaban J connectivity index is 1.72. The number of nitrogens with two attached hydrogens (primary N) is 1. The van der Waals surface area contributed by atoms with E-state index < -0.39 is 5.97 Å². The number of ether oxygens (including phenoxy) is 2. The smallest absolute Gasteiger partial charge is 0.306 e. The number of aryl methyl sites for hydroxylation is 1. The monoisotopic (exact) mass is 362 g/mol. The van der Waals surface area contributed by atoms with Gasteiger partial charge in [0, 0.05) is 25.4 Å². The highest BCUT2D eigenvalue weighted by atomic mass is 16.5. The number of esters is 1. The fourth-order valence-electron chi connectivity index (χ4n) is 2.96. The van der Waals surface area contributed by atoms with Crippen LogP contribution < -0.4 is 10.5 Å². The molecule has 0 aliphatic carbocycles. The van der Waals surface area contributed by atoms with Crippen LogP contribution in [-0.2, 0) is 25.5 Å². The molecule has 1 aromatic carbocycles. The van der Waals surface area contributed by atoms with Crippen LogP contribution in [0.1, 0.15) is 31.7 Å². The summed E-state index contributed by atoms with van der Waals surface area (Å²) in [5.74, 6) is -0.397. The number of hydrogen-bond acceptors (Lipinski definition) is 5. The number of rotatable bonds is 8. The van der Waals surface area contributed by atoms with Crippen LogP contribution in [0.25, 0.3) is 0 Å². The van der Waals surface area contributed by atoms with Crippen LogP contribution in [0.3, 0.4) is 0 Å². The first-order valence-corrected chi connectivity index (χ1v) is 8.94. The quantitative estimate of drug-likeness (QED) is 0.703. The number of amides is 2. The standard InChI is InChI=1S/C19H26N2O5/c1-2-25-16-6-4-3-5-14(16)7-8-18(23)26-13-17(22)21-11-9-15(10-12-21)19(20)24/h3-6,15H,2,7-13H2,1H3,(H2,20,24). The van der Waals surface area contributed by atoms with Crippen molar-refractivity contribution in [3.63, 3.8) is 0 Å². The topological polar surface area (TPSA) is 98.9 Å². The van der Waals surface area contributed by atoms with Gasteiger partial charge in [0.25, 0.3) is 5.91 Å². The molecular weight excluding hydrogens is 336 g/mol. The molecule has 0 aromatic heterocycles. The summed E-state index contributed by atoms with van der Waals surface area (Å²) in [7, 11) is 0. The lowest BCUT2D eigenvalue weighted by Crippen LogP contribution is -2.43. The predicted octanol–water partition coefficient (Wildman–Crippen LogP) is 1.28. The van der Waals surface area contributed by atoms with Crippen molar-refractivity contribution in [3.8, 4) is 5.75 Å². The molecule has 0 radical (unpaired) electrons. The van der Waals surface area contributed by atoms with Crippen LogP contribution >= 0.6 is 0 Å². The van der Waals surface area contributed by atoms with Gasteiger partial charge in [0.15, 0.2) is 6.61 Å². The summed E-state index contributed by atoms with van der Waals surface area (Å²) < 4.78 is 10.6. The Bertz CT molecular complexity index is 639. The van der Waals surface area contributed by atoms with Crippen LogP contribution in [0, 0.1) is 5.92 Å².